The summed E-state index contributed by atoms with van der Waals surface area (Å²) in [6.07, 6.45) is 3.99. The van der Waals surface area contributed by atoms with Crippen LogP contribution in [0.15, 0.2) is 43.0 Å². The molecule has 0 heterocycles. The van der Waals surface area contributed by atoms with E-state index in [-0.39, 0.29) is 12.1 Å². The highest BCUT2D eigenvalue weighted by Gasteiger charge is 2.16. The molecule has 7 nitrogen and oxygen atoms in total. The van der Waals surface area contributed by atoms with Crippen LogP contribution in [0.1, 0.15) is 12.0 Å². The number of carbonyl (C=O) groups excluding carboxylic acids is 1. The van der Waals surface area contributed by atoms with Gasteiger partial charge in [-0.2, -0.15) is 0 Å². The molecule has 0 radical (unpaired) electrons. The molecule has 0 saturated carbocycles. The van der Waals surface area contributed by atoms with Gasteiger partial charge >= 0.3 is 5.97 Å². The molecular weight excluding hydrogens is 276 g/mol. The van der Waals surface area contributed by atoms with Crippen molar-refractivity contribution in [3.05, 3.63) is 58.7 Å². The van der Waals surface area contributed by atoms with Crippen LogP contribution < -0.4 is 5.32 Å². The number of nitrogens with zero attached hydrogens (tertiary/aromatic N) is 1. The zero-order chi connectivity index (χ0) is 15.8. The molecule has 1 unspecified atom stereocenters. The quantitative estimate of drug-likeness (QED) is 0.344. The van der Waals surface area contributed by atoms with Crippen molar-refractivity contribution in [2.24, 2.45) is 0 Å². The number of carboxylic acids is 1. The fraction of sp³-hybridized carbons (Fsp3) is 0.143. The Bertz CT molecular complexity index is 595. The lowest BCUT2D eigenvalue weighted by molar-refractivity contribution is -0.384. The van der Waals surface area contributed by atoms with Gasteiger partial charge in [-0.25, -0.2) is 4.79 Å². The van der Waals surface area contributed by atoms with E-state index >= 15 is 0 Å². The van der Waals surface area contributed by atoms with Crippen molar-refractivity contribution in [2.45, 2.75) is 12.5 Å². The van der Waals surface area contributed by atoms with Crippen LogP contribution in [0.2, 0.25) is 0 Å². The number of benzene rings is 1. The summed E-state index contributed by atoms with van der Waals surface area (Å²) >= 11 is 0. The number of hydrogen-bond donors (Lipinski definition) is 2. The summed E-state index contributed by atoms with van der Waals surface area (Å²) in [4.78, 5) is 32.5. The topological polar surface area (TPSA) is 110 Å². The Morgan fingerprint density at radius 3 is 2.76 bits per heavy atom. The molecule has 0 aliphatic carbocycles. The molecule has 1 rings (SSSR count). The van der Waals surface area contributed by atoms with Crippen molar-refractivity contribution in [3.8, 4) is 0 Å². The second kappa shape index (κ2) is 7.59. The van der Waals surface area contributed by atoms with Crippen molar-refractivity contribution in [1.29, 1.82) is 0 Å². The maximum absolute atomic E-state index is 11.6. The average Bonchev–Trinajstić information content (AvgIpc) is 2.45. The Morgan fingerprint density at radius 1 is 1.48 bits per heavy atom. The summed E-state index contributed by atoms with van der Waals surface area (Å²) in [5, 5.41) is 21.8. The van der Waals surface area contributed by atoms with Gasteiger partial charge in [0.15, 0.2) is 0 Å². The molecule has 110 valence electrons. The monoisotopic (exact) mass is 290 g/mol. The third-order valence-corrected chi connectivity index (χ3v) is 2.53. The molecule has 0 aliphatic heterocycles. The molecule has 0 spiro atoms. The highest BCUT2D eigenvalue weighted by atomic mass is 16.6. The third kappa shape index (κ3) is 5.27. The fourth-order valence-corrected chi connectivity index (χ4v) is 1.52. The van der Waals surface area contributed by atoms with E-state index in [2.05, 4.69) is 11.9 Å². The molecule has 21 heavy (non-hydrogen) atoms. The highest BCUT2D eigenvalue weighted by Crippen LogP contribution is 2.14. The van der Waals surface area contributed by atoms with Crippen LogP contribution in [0.4, 0.5) is 5.69 Å². The Kier molecular flexibility index (Phi) is 5.81. The second-order valence-electron chi connectivity index (χ2n) is 4.11. The lowest BCUT2D eigenvalue weighted by Crippen LogP contribution is -2.39. The van der Waals surface area contributed by atoms with E-state index in [0.717, 1.165) is 6.08 Å². The van der Waals surface area contributed by atoms with E-state index in [1.54, 1.807) is 6.07 Å². The number of carbonyl (C=O) groups is 2. The summed E-state index contributed by atoms with van der Waals surface area (Å²) in [6.45, 7) is 3.41. The number of nitro groups is 1. The first-order valence-corrected chi connectivity index (χ1v) is 6.00. The molecule has 1 aromatic rings. The minimum absolute atomic E-state index is 0.0902. The van der Waals surface area contributed by atoms with Crippen molar-refractivity contribution in [3.63, 3.8) is 0 Å². The van der Waals surface area contributed by atoms with Crippen molar-refractivity contribution in [2.75, 3.05) is 0 Å². The lowest BCUT2D eigenvalue weighted by atomic mass is 10.2. The largest absolute Gasteiger partial charge is 0.480 e. The minimum Gasteiger partial charge on any atom is -0.480 e. The summed E-state index contributed by atoms with van der Waals surface area (Å²) < 4.78 is 0. The van der Waals surface area contributed by atoms with Crippen LogP contribution in [0.3, 0.4) is 0 Å². The van der Waals surface area contributed by atoms with Crippen LogP contribution in [0.5, 0.6) is 0 Å². The van der Waals surface area contributed by atoms with E-state index in [1.165, 1.54) is 30.4 Å². The smallest absolute Gasteiger partial charge is 0.326 e. The lowest BCUT2D eigenvalue weighted by Gasteiger charge is -2.10. The average molecular weight is 290 g/mol. The van der Waals surface area contributed by atoms with Crippen LogP contribution in [-0.4, -0.2) is 27.9 Å². The highest BCUT2D eigenvalue weighted by molar-refractivity contribution is 5.94. The molecule has 0 fully saturated rings. The summed E-state index contributed by atoms with van der Waals surface area (Å²) in [6, 6.07) is 4.68. The van der Waals surface area contributed by atoms with E-state index in [9.17, 15) is 19.7 Å². The van der Waals surface area contributed by atoms with Gasteiger partial charge in [-0.1, -0.05) is 18.2 Å². The molecule has 0 bridgehead atoms. The van der Waals surface area contributed by atoms with Gasteiger partial charge in [0.25, 0.3) is 5.69 Å². The first-order chi connectivity index (χ1) is 9.93. The molecule has 0 aliphatic rings. The molecule has 1 atom stereocenters. The number of aliphatic carboxylic acids is 1. The maximum atomic E-state index is 11.6. The summed E-state index contributed by atoms with van der Waals surface area (Å²) in [7, 11) is 0. The van der Waals surface area contributed by atoms with Gasteiger partial charge in [0.1, 0.15) is 6.04 Å². The number of hydrogen-bond acceptors (Lipinski definition) is 4. The first-order valence-electron chi connectivity index (χ1n) is 6.00. The Balaban J connectivity index is 2.73. The molecule has 0 aromatic heterocycles. The second-order valence-corrected chi connectivity index (χ2v) is 4.11. The van der Waals surface area contributed by atoms with Gasteiger partial charge in [-0.15, -0.1) is 6.58 Å². The molecule has 0 saturated heterocycles. The molecule has 2 N–H and O–H groups in total. The van der Waals surface area contributed by atoms with Crippen LogP contribution in [-0.2, 0) is 9.59 Å². The van der Waals surface area contributed by atoms with Crippen LogP contribution in [0, 0.1) is 10.1 Å². The van der Waals surface area contributed by atoms with Gasteiger partial charge in [-0.05, 0) is 18.1 Å². The Hall–Kier alpha value is -2.96. The van der Waals surface area contributed by atoms with E-state index in [4.69, 9.17) is 5.11 Å². The van der Waals surface area contributed by atoms with Crippen LogP contribution >= 0.6 is 0 Å². The summed E-state index contributed by atoms with van der Waals surface area (Å²) in [5.41, 5.74) is 0.377. The predicted octanol–water partition coefficient (Wildman–Crippen LogP) is 1.75. The maximum Gasteiger partial charge on any atom is 0.326 e. The van der Waals surface area contributed by atoms with Crippen LogP contribution in [0.25, 0.3) is 6.08 Å². The zero-order valence-electron chi connectivity index (χ0n) is 11.1. The van der Waals surface area contributed by atoms with E-state index < -0.39 is 22.8 Å². The van der Waals surface area contributed by atoms with Crippen molar-refractivity contribution < 1.29 is 19.6 Å². The van der Waals surface area contributed by atoms with E-state index in [0.29, 0.717) is 5.56 Å². The molecule has 1 amide bonds. The van der Waals surface area contributed by atoms with Gasteiger partial charge in [0.05, 0.1) is 4.92 Å². The standard InChI is InChI=1S/C14H14N2O5/c1-2-4-12(14(18)19)15-13(17)8-7-10-5-3-6-11(9-10)16(20)21/h2-3,5-9,12H,1,4H2,(H,15,17)(H,18,19)/b8-7+. The normalized spacial score (nSPS) is 11.8. The Morgan fingerprint density at radius 2 is 2.19 bits per heavy atom. The predicted molar refractivity (Wildman–Crippen MR) is 76.5 cm³/mol. The Labute approximate surface area is 120 Å². The van der Waals surface area contributed by atoms with Gasteiger partial charge in [0.2, 0.25) is 5.91 Å². The van der Waals surface area contributed by atoms with Crippen molar-refractivity contribution >= 4 is 23.6 Å². The van der Waals surface area contributed by atoms with Gasteiger partial charge in [0, 0.05) is 18.2 Å². The number of rotatable bonds is 7. The summed E-state index contributed by atoms with van der Waals surface area (Å²) in [5.74, 6) is -1.76. The molecular formula is C14H14N2O5. The number of non-ortho nitro benzene ring substituents is 1. The van der Waals surface area contributed by atoms with Gasteiger partial charge < -0.3 is 10.4 Å². The van der Waals surface area contributed by atoms with Crippen molar-refractivity contribution in [1.82, 2.24) is 5.32 Å². The molecule has 7 heteroatoms. The van der Waals surface area contributed by atoms with Gasteiger partial charge in [-0.3, -0.25) is 14.9 Å². The number of nitro benzene ring substituents is 1. The zero-order valence-corrected chi connectivity index (χ0v) is 11.1. The number of amides is 1. The van der Waals surface area contributed by atoms with E-state index in [1.807, 2.05) is 0 Å². The number of nitrogens with one attached hydrogen (secondary N) is 1. The molecule has 1 aromatic carbocycles. The SMILES string of the molecule is C=CCC(NC(=O)/C=C/c1cccc([N+](=O)[O-])c1)C(=O)O. The number of carboxylic acid groups (broad SMARTS) is 1. The third-order valence-electron chi connectivity index (χ3n) is 2.53. The fourth-order valence-electron chi connectivity index (χ4n) is 1.52. The minimum atomic E-state index is -1.16. The first kappa shape index (κ1) is 16.1.